The van der Waals surface area contributed by atoms with Gasteiger partial charge in [-0.3, -0.25) is 9.59 Å². The number of carbonyl (C=O) groups is 2. The Hall–Kier alpha value is -1.58. The summed E-state index contributed by atoms with van der Waals surface area (Å²) in [5, 5.41) is 0. The summed E-state index contributed by atoms with van der Waals surface area (Å²) < 4.78 is 0. The molecule has 1 aliphatic carbocycles. The third kappa shape index (κ3) is 12.2. The van der Waals surface area contributed by atoms with Gasteiger partial charge in [0.05, 0.1) is 11.4 Å². The molecule has 0 aromatic heterocycles. The van der Waals surface area contributed by atoms with Crippen LogP contribution in [0.2, 0.25) is 0 Å². The van der Waals surface area contributed by atoms with E-state index >= 15 is 0 Å². The second kappa shape index (κ2) is 19.7. The van der Waals surface area contributed by atoms with Crippen molar-refractivity contribution in [1.82, 2.24) is 9.80 Å². The van der Waals surface area contributed by atoms with E-state index in [1.807, 2.05) is 0 Å². The monoisotopic (exact) mass is 474 g/mol. The van der Waals surface area contributed by atoms with Gasteiger partial charge in [0, 0.05) is 38.3 Å². The molecule has 0 atom stereocenters. The van der Waals surface area contributed by atoms with Crippen molar-refractivity contribution in [3.05, 3.63) is 23.5 Å². The third-order valence-corrected chi connectivity index (χ3v) is 6.85. The molecule has 4 nitrogen and oxygen atoms in total. The van der Waals surface area contributed by atoms with Crippen molar-refractivity contribution in [2.75, 3.05) is 26.2 Å². The Kier molecular flexibility index (Phi) is 17.6. The maximum Gasteiger partial charge on any atom is 0.204 e. The Morgan fingerprint density at radius 3 is 0.941 bits per heavy atom. The zero-order valence-corrected chi connectivity index (χ0v) is 23.0. The van der Waals surface area contributed by atoms with Crippen LogP contribution in [-0.4, -0.2) is 47.5 Å². The van der Waals surface area contributed by atoms with E-state index in [4.69, 9.17) is 0 Å². The van der Waals surface area contributed by atoms with Gasteiger partial charge in [0.2, 0.25) is 11.6 Å². The van der Waals surface area contributed by atoms with Gasteiger partial charge in [-0.2, -0.15) is 0 Å². The minimum Gasteiger partial charge on any atom is -0.368 e. The molecule has 0 aromatic carbocycles. The average Bonchev–Trinajstić information content (AvgIpc) is 2.83. The molecular weight excluding hydrogens is 420 g/mol. The second-order valence-corrected chi connectivity index (χ2v) is 10.0. The molecule has 0 N–H and O–H groups in total. The molecule has 0 fully saturated rings. The summed E-state index contributed by atoms with van der Waals surface area (Å²) in [6.45, 7) is 12.4. The number of unbranched alkanes of at least 4 members (excludes halogenated alkanes) is 12. The van der Waals surface area contributed by atoms with E-state index in [-0.39, 0.29) is 11.6 Å². The largest absolute Gasteiger partial charge is 0.368 e. The van der Waals surface area contributed by atoms with Crippen molar-refractivity contribution >= 4 is 11.6 Å². The third-order valence-electron chi connectivity index (χ3n) is 6.85. The molecule has 0 aliphatic heterocycles. The summed E-state index contributed by atoms with van der Waals surface area (Å²) in [6.07, 6.45) is 22.1. The molecule has 0 aromatic rings. The Morgan fingerprint density at radius 2 is 0.706 bits per heavy atom. The standard InChI is InChI=1S/C30H54N2O2/c1-5-9-13-17-21-31(22-18-14-10-6-2)27-25-30(34)28(26-29(27)33)32(23-19-15-11-7-3)24-20-16-12-8-4/h25-26H,5-24H2,1-4H3. The van der Waals surface area contributed by atoms with Crippen molar-refractivity contribution in [2.24, 2.45) is 0 Å². The number of ketones is 2. The minimum atomic E-state index is 0.0210. The fraction of sp³-hybridized carbons (Fsp3) is 0.800. The number of hydrogen-bond acceptors (Lipinski definition) is 4. The number of allylic oxidation sites excluding steroid dienone is 2. The quantitative estimate of drug-likeness (QED) is 0.118. The fourth-order valence-electron chi connectivity index (χ4n) is 4.66. The zero-order chi connectivity index (χ0) is 25.0. The first kappa shape index (κ1) is 30.5. The number of nitrogens with zero attached hydrogens (tertiary/aromatic N) is 2. The highest BCUT2D eigenvalue weighted by atomic mass is 16.1. The molecule has 196 valence electrons. The predicted molar refractivity (Wildman–Crippen MR) is 146 cm³/mol. The summed E-state index contributed by atoms with van der Waals surface area (Å²) in [5.74, 6) is 0.0420. The van der Waals surface area contributed by atoms with Crippen LogP contribution in [0.1, 0.15) is 130 Å². The highest BCUT2D eigenvalue weighted by Crippen LogP contribution is 2.22. The average molecular weight is 475 g/mol. The first-order valence-corrected chi connectivity index (χ1v) is 14.6. The molecule has 0 spiro atoms. The topological polar surface area (TPSA) is 40.6 Å². The smallest absolute Gasteiger partial charge is 0.204 e. The van der Waals surface area contributed by atoms with Crippen LogP contribution in [0.25, 0.3) is 0 Å². The maximum absolute atomic E-state index is 13.3. The summed E-state index contributed by atoms with van der Waals surface area (Å²) in [6, 6.07) is 0. The molecule has 0 heterocycles. The van der Waals surface area contributed by atoms with E-state index in [0.29, 0.717) is 11.4 Å². The molecular formula is C30H54N2O2. The Morgan fingerprint density at radius 1 is 0.441 bits per heavy atom. The summed E-state index contributed by atoms with van der Waals surface area (Å²) >= 11 is 0. The fourth-order valence-corrected chi connectivity index (χ4v) is 4.66. The van der Waals surface area contributed by atoms with Crippen LogP contribution < -0.4 is 0 Å². The van der Waals surface area contributed by atoms with E-state index in [9.17, 15) is 9.59 Å². The van der Waals surface area contributed by atoms with Crippen LogP contribution in [0.5, 0.6) is 0 Å². The first-order valence-electron chi connectivity index (χ1n) is 14.6. The summed E-state index contributed by atoms with van der Waals surface area (Å²) in [5.41, 5.74) is 1.25. The molecule has 4 heteroatoms. The molecule has 0 saturated heterocycles. The van der Waals surface area contributed by atoms with Gasteiger partial charge >= 0.3 is 0 Å². The van der Waals surface area contributed by atoms with E-state index < -0.39 is 0 Å². The zero-order valence-electron chi connectivity index (χ0n) is 23.0. The van der Waals surface area contributed by atoms with Crippen LogP contribution in [0.15, 0.2) is 23.5 Å². The summed E-state index contributed by atoms with van der Waals surface area (Å²) in [4.78, 5) is 30.9. The van der Waals surface area contributed by atoms with Crippen LogP contribution in [0, 0.1) is 0 Å². The van der Waals surface area contributed by atoms with Gasteiger partial charge in [0.15, 0.2) is 0 Å². The highest BCUT2D eigenvalue weighted by molar-refractivity contribution is 6.19. The second-order valence-electron chi connectivity index (χ2n) is 10.0. The predicted octanol–water partition coefficient (Wildman–Crippen LogP) is 7.83. The van der Waals surface area contributed by atoms with Gasteiger partial charge in [0.1, 0.15) is 0 Å². The van der Waals surface area contributed by atoms with Crippen molar-refractivity contribution in [3.8, 4) is 0 Å². The van der Waals surface area contributed by atoms with Gasteiger partial charge in [-0.1, -0.05) is 105 Å². The van der Waals surface area contributed by atoms with E-state index in [1.54, 1.807) is 12.2 Å². The van der Waals surface area contributed by atoms with Crippen molar-refractivity contribution in [1.29, 1.82) is 0 Å². The molecule has 0 unspecified atom stereocenters. The van der Waals surface area contributed by atoms with Crippen LogP contribution >= 0.6 is 0 Å². The lowest BCUT2D eigenvalue weighted by atomic mass is 10.0. The lowest BCUT2D eigenvalue weighted by molar-refractivity contribution is -0.117. The number of rotatable bonds is 22. The maximum atomic E-state index is 13.3. The number of carbonyl (C=O) groups excluding carboxylic acids is 2. The lowest BCUT2D eigenvalue weighted by Crippen LogP contribution is -2.36. The SMILES string of the molecule is CCCCCCN(CCCCCC)C1=CC(=O)C(N(CCCCCC)CCCCCC)=CC1=O. The van der Waals surface area contributed by atoms with E-state index in [2.05, 4.69) is 37.5 Å². The molecule has 34 heavy (non-hydrogen) atoms. The van der Waals surface area contributed by atoms with Crippen molar-refractivity contribution in [2.45, 2.75) is 130 Å². The van der Waals surface area contributed by atoms with Gasteiger partial charge in [0.25, 0.3) is 0 Å². The minimum absolute atomic E-state index is 0.0210. The number of hydrogen-bond donors (Lipinski definition) is 0. The Bertz CT molecular complexity index is 545. The Balaban J connectivity index is 2.89. The highest BCUT2D eigenvalue weighted by Gasteiger charge is 2.27. The lowest BCUT2D eigenvalue weighted by Gasteiger charge is -2.31. The van der Waals surface area contributed by atoms with Crippen molar-refractivity contribution < 1.29 is 9.59 Å². The van der Waals surface area contributed by atoms with Gasteiger partial charge < -0.3 is 9.80 Å². The molecule has 0 bridgehead atoms. The first-order chi connectivity index (χ1) is 16.6. The van der Waals surface area contributed by atoms with E-state index in [1.165, 1.54) is 77.0 Å². The normalized spacial score (nSPS) is 13.8. The summed E-state index contributed by atoms with van der Waals surface area (Å²) in [7, 11) is 0. The van der Waals surface area contributed by atoms with Crippen LogP contribution in [0.3, 0.4) is 0 Å². The van der Waals surface area contributed by atoms with Crippen molar-refractivity contribution in [3.63, 3.8) is 0 Å². The van der Waals surface area contributed by atoms with Gasteiger partial charge in [-0.05, 0) is 25.7 Å². The van der Waals surface area contributed by atoms with Crippen LogP contribution in [-0.2, 0) is 9.59 Å². The molecule has 0 radical (unpaired) electrons. The van der Waals surface area contributed by atoms with E-state index in [0.717, 1.165) is 51.9 Å². The molecule has 1 aliphatic rings. The molecule has 0 saturated carbocycles. The Labute approximate surface area is 211 Å². The van der Waals surface area contributed by atoms with Crippen LogP contribution in [0.4, 0.5) is 0 Å². The van der Waals surface area contributed by atoms with Gasteiger partial charge in [-0.15, -0.1) is 0 Å². The molecule has 1 rings (SSSR count). The van der Waals surface area contributed by atoms with Gasteiger partial charge in [-0.25, -0.2) is 0 Å². The molecule has 0 amide bonds.